The van der Waals surface area contributed by atoms with E-state index in [4.69, 9.17) is 19.7 Å². The van der Waals surface area contributed by atoms with E-state index < -0.39 is 23.7 Å². The van der Waals surface area contributed by atoms with Gasteiger partial charge in [-0.25, -0.2) is 9.59 Å². The molecule has 2 aromatic rings. The van der Waals surface area contributed by atoms with Crippen molar-refractivity contribution in [2.75, 3.05) is 13.2 Å². The van der Waals surface area contributed by atoms with Crippen LogP contribution in [0, 0.1) is 0 Å². The lowest BCUT2D eigenvalue weighted by Gasteiger charge is -2.23. The number of unbranched alkanes of at least 4 members (excludes halogenated alkanes) is 1. The number of rotatable bonds is 12. The van der Waals surface area contributed by atoms with Gasteiger partial charge >= 0.3 is 12.1 Å². The van der Waals surface area contributed by atoms with Gasteiger partial charge in [0.25, 0.3) is 0 Å². The van der Waals surface area contributed by atoms with Gasteiger partial charge in [0.1, 0.15) is 24.0 Å². The lowest BCUT2D eigenvalue weighted by molar-refractivity contribution is -0.147. The molecule has 0 aromatic heterocycles. The third-order valence-corrected chi connectivity index (χ3v) is 4.55. The number of hydrogen-bond donors (Lipinski definition) is 1. The lowest BCUT2D eigenvalue weighted by atomic mass is 10.1. The van der Waals surface area contributed by atoms with Crippen molar-refractivity contribution in [2.45, 2.75) is 58.3 Å². The van der Waals surface area contributed by atoms with Crippen molar-refractivity contribution in [3.63, 3.8) is 0 Å². The standard InChI is InChI=1S/C25H32N4O5/c1-25(2,3)34-24(31)28-22(23(30)33-18-20-9-5-4-6-10-20)17-19-11-13-21(14-12-19)32-16-8-7-15-27-29-26/h4-6,9-14,22H,7-8,15-18H2,1-3H3,(H,28,31)/t22-/m1/s1. The molecule has 0 aliphatic rings. The maximum Gasteiger partial charge on any atom is 0.408 e. The number of nitrogens with one attached hydrogen (secondary N) is 1. The van der Waals surface area contributed by atoms with Gasteiger partial charge in [0.2, 0.25) is 0 Å². The molecule has 0 saturated carbocycles. The van der Waals surface area contributed by atoms with E-state index in [0.717, 1.165) is 24.0 Å². The summed E-state index contributed by atoms with van der Waals surface area (Å²) in [6.45, 7) is 6.33. The number of carbonyl (C=O) groups excluding carboxylic acids is 2. The molecule has 2 aromatic carbocycles. The van der Waals surface area contributed by atoms with Gasteiger partial charge in [0.05, 0.1) is 6.61 Å². The van der Waals surface area contributed by atoms with Crippen LogP contribution in [-0.4, -0.2) is 36.9 Å². The van der Waals surface area contributed by atoms with Gasteiger partial charge in [-0.3, -0.25) is 0 Å². The number of benzene rings is 2. The second kappa shape index (κ2) is 13.7. The first kappa shape index (κ1) is 26.5. The molecule has 182 valence electrons. The quantitative estimate of drug-likeness (QED) is 0.148. The molecule has 0 fully saturated rings. The van der Waals surface area contributed by atoms with Crippen LogP contribution in [0.15, 0.2) is 59.7 Å². The maximum absolute atomic E-state index is 12.8. The third kappa shape index (κ3) is 10.7. The first-order valence-corrected chi connectivity index (χ1v) is 11.2. The number of alkyl carbamates (subject to hydrolysis) is 1. The summed E-state index contributed by atoms with van der Waals surface area (Å²) in [7, 11) is 0. The Hall–Kier alpha value is -3.71. The molecule has 0 aliphatic carbocycles. The topological polar surface area (TPSA) is 123 Å². The lowest BCUT2D eigenvalue weighted by Crippen LogP contribution is -2.45. The third-order valence-electron chi connectivity index (χ3n) is 4.55. The number of esters is 1. The average molecular weight is 469 g/mol. The van der Waals surface area contributed by atoms with Crippen LogP contribution in [0.1, 0.15) is 44.7 Å². The molecule has 34 heavy (non-hydrogen) atoms. The number of azide groups is 1. The number of hydrogen-bond acceptors (Lipinski definition) is 6. The zero-order valence-corrected chi connectivity index (χ0v) is 19.9. The predicted molar refractivity (Wildman–Crippen MR) is 128 cm³/mol. The van der Waals surface area contributed by atoms with E-state index in [0.29, 0.717) is 18.9 Å². The number of ether oxygens (including phenoxy) is 3. The maximum atomic E-state index is 12.8. The summed E-state index contributed by atoms with van der Waals surface area (Å²) in [5.74, 6) is 0.144. The number of nitrogens with zero attached hydrogens (tertiary/aromatic N) is 3. The van der Waals surface area contributed by atoms with E-state index >= 15 is 0 Å². The summed E-state index contributed by atoms with van der Waals surface area (Å²) >= 11 is 0. The molecule has 9 heteroatoms. The van der Waals surface area contributed by atoms with Crippen molar-refractivity contribution in [2.24, 2.45) is 5.11 Å². The Morgan fingerprint density at radius 3 is 2.38 bits per heavy atom. The van der Waals surface area contributed by atoms with Crippen molar-refractivity contribution >= 4 is 12.1 Å². The first-order chi connectivity index (χ1) is 16.3. The van der Waals surface area contributed by atoms with Crippen LogP contribution in [0.2, 0.25) is 0 Å². The molecule has 0 saturated heterocycles. The smallest absolute Gasteiger partial charge is 0.408 e. The van der Waals surface area contributed by atoms with Crippen LogP contribution >= 0.6 is 0 Å². The molecular weight excluding hydrogens is 436 g/mol. The molecule has 2 rings (SSSR count). The summed E-state index contributed by atoms with van der Waals surface area (Å²) in [5, 5.41) is 6.12. The molecule has 0 radical (unpaired) electrons. The van der Waals surface area contributed by atoms with Gasteiger partial charge in [0, 0.05) is 17.9 Å². The molecular formula is C25H32N4O5. The molecule has 0 heterocycles. The van der Waals surface area contributed by atoms with E-state index in [-0.39, 0.29) is 13.0 Å². The fourth-order valence-electron chi connectivity index (χ4n) is 2.95. The Morgan fingerprint density at radius 1 is 1.03 bits per heavy atom. The van der Waals surface area contributed by atoms with E-state index in [1.165, 1.54) is 0 Å². The van der Waals surface area contributed by atoms with Crippen LogP contribution in [0.25, 0.3) is 10.4 Å². The molecule has 9 nitrogen and oxygen atoms in total. The van der Waals surface area contributed by atoms with Crippen molar-refractivity contribution in [3.05, 3.63) is 76.2 Å². The van der Waals surface area contributed by atoms with Crippen LogP contribution in [-0.2, 0) is 27.3 Å². The van der Waals surface area contributed by atoms with Gasteiger partial charge in [-0.2, -0.15) is 0 Å². The normalized spacial score (nSPS) is 11.6. The fourth-order valence-corrected chi connectivity index (χ4v) is 2.95. The van der Waals surface area contributed by atoms with Crippen molar-refractivity contribution < 1.29 is 23.8 Å². The number of carbonyl (C=O) groups is 2. The highest BCUT2D eigenvalue weighted by molar-refractivity contribution is 5.81. The Bertz CT molecular complexity index is 952. The Morgan fingerprint density at radius 2 is 1.74 bits per heavy atom. The zero-order chi connectivity index (χ0) is 24.8. The largest absolute Gasteiger partial charge is 0.494 e. The van der Waals surface area contributed by atoms with Crippen molar-refractivity contribution in [3.8, 4) is 5.75 Å². The molecule has 1 atom stereocenters. The molecule has 0 unspecified atom stereocenters. The minimum absolute atomic E-state index is 0.110. The highest BCUT2D eigenvalue weighted by Gasteiger charge is 2.26. The highest BCUT2D eigenvalue weighted by Crippen LogP contribution is 2.15. The zero-order valence-electron chi connectivity index (χ0n) is 19.9. The summed E-state index contributed by atoms with van der Waals surface area (Å²) in [5.41, 5.74) is 9.26. The number of amides is 1. The van der Waals surface area contributed by atoms with Gasteiger partial charge in [-0.05, 0) is 62.4 Å². The molecule has 0 aliphatic heterocycles. The fraction of sp³-hybridized carbons (Fsp3) is 0.440. The first-order valence-electron chi connectivity index (χ1n) is 11.2. The summed E-state index contributed by atoms with van der Waals surface area (Å²) < 4.78 is 16.4. The Labute approximate surface area is 200 Å². The second-order valence-corrected chi connectivity index (χ2v) is 8.65. The average Bonchev–Trinajstić information content (AvgIpc) is 2.80. The minimum atomic E-state index is -0.911. The summed E-state index contributed by atoms with van der Waals surface area (Å²) in [4.78, 5) is 27.8. The van der Waals surface area contributed by atoms with E-state index in [1.54, 1.807) is 20.8 Å². The molecule has 0 spiro atoms. The minimum Gasteiger partial charge on any atom is -0.494 e. The summed E-state index contributed by atoms with van der Waals surface area (Å²) in [6.07, 6.45) is 1.08. The van der Waals surface area contributed by atoms with Gasteiger partial charge in [0.15, 0.2) is 0 Å². The van der Waals surface area contributed by atoms with E-state index in [9.17, 15) is 9.59 Å². The van der Waals surface area contributed by atoms with E-state index in [1.807, 2.05) is 54.6 Å². The Balaban J connectivity index is 1.97. The molecule has 1 N–H and O–H groups in total. The van der Waals surface area contributed by atoms with Crippen LogP contribution in [0.5, 0.6) is 5.75 Å². The SMILES string of the molecule is CC(C)(C)OC(=O)N[C@H](Cc1ccc(OCCCCN=[N+]=[N-])cc1)C(=O)OCc1ccccc1. The van der Waals surface area contributed by atoms with Crippen LogP contribution < -0.4 is 10.1 Å². The molecule has 0 bridgehead atoms. The predicted octanol–water partition coefficient (Wildman–Crippen LogP) is 5.34. The monoisotopic (exact) mass is 468 g/mol. The summed E-state index contributed by atoms with van der Waals surface area (Å²) in [6, 6.07) is 15.7. The van der Waals surface area contributed by atoms with Crippen LogP contribution in [0.4, 0.5) is 4.79 Å². The van der Waals surface area contributed by atoms with Gasteiger partial charge in [-0.15, -0.1) is 0 Å². The van der Waals surface area contributed by atoms with Gasteiger partial charge in [-0.1, -0.05) is 47.6 Å². The van der Waals surface area contributed by atoms with Gasteiger partial charge < -0.3 is 19.5 Å². The van der Waals surface area contributed by atoms with Crippen molar-refractivity contribution in [1.82, 2.24) is 5.32 Å². The van der Waals surface area contributed by atoms with E-state index in [2.05, 4.69) is 15.3 Å². The van der Waals surface area contributed by atoms with Crippen LogP contribution in [0.3, 0.4) is 0 Å². The highest BCUT2D eigenvalue weighted by atomic mass is 16.6. The Kier molecular flexibility index (Phi) is 10.7. The van der Waals surface area contributed by atoms with Crippen molar-refractivity contribution in [1.29, 1.82) is 0 Å². The molecule has 1 amide bonds. The second-order valence-electron chi connectivity index (χ2n) is 8.65.